The van der Waals surface area contributed by atoms with Crippen molar-refractivity contribution >= 4 is 21.4 Å². The number of benzene rings is 1. The summed E-state index contributed by atoms with van der Waals surface area (Å²) in [6.07, 6.45) is 0. The van der Waals surface area contributed by atoms with E-state index in [0.717, 1.165) is 17.0 Å². The van der Waals surface area contributed by atoms with Crippen molar-refractivity contribution in [3.8, 4) is 0 Å². The van der Waals surface area contributed by atoms with Gasteiger partial charge in [-0.3, -0.25) is 0 Å². The molecule has 0 bridgehead atoms. The number of hydrogen-bond donors (Lipinski definition) is 1. The van der Waals surface area contributed by atoms with Crippen molar-refractivity contribution in [1.82, 2.24) is 4.72 Å². The van der Waals surface area contributed by atoms with Gasteiger partial charge < -0.3 is 0 Å². The van der Waals surface area contributed by atoms with Crippen molar-refractivity contribution in [1.29, 1.82) is 0 Å². The van der Waals surface area contributed by atoms with Gasteiger partial charge in [0.15, 0.2) is 0 Å². The van der Waals surface area contributed by atoms with Crippen LogP contribution < -0.4 is 4.72 Å². The molecule has 1 aromatic heterocycles. The lowest BCUT2D eigenvalue weighted by molar-refractivity contribution is 0.568. The zero-order valence-corrected chi connectivity index (χ0v) is 11.3. The van der Waals surface area contributed by atoms with Crippen molar-refractivity contribution in [2.24, 2.45) is 0 Å². The standard InChI is InChI=1S/C12H12FNO2S2/c1-9(12-3-2-8-17-12)14-18(15,16)11-6-4-10(13)5-7-11/h2-9,14H,1H3. The topological polar surface area (TPSA) is 46.2 Å². The van der Waals surface area contributed by atoms with Crippen LogP contribution in [0.5, 0.6) is 0 Å². The molecule has 1 atom stereocenters. The zero-order valence-electron chi connectivity index (χ0n) is 9.63. The molecule has 1 heterocycles. The number of sulfonamides is 1. The third-order valence-electron chi connectivity index (χ3n) is 2.43. The van der Waals surface area contributed by atoms with Gasteiger partial charge in [-0.15, -0.1) is 11.3 Å². The molecule has 0 radical (unpaired) electrons. The quantitative estimate of drug-likeness (QED) is 0.939. The predicted molar refractivity (Wildman–Crippen MR) is 69.5 cm³/mol. The molecular weight excluding hydrogens is 273 g/mol. The smallest absolute Gasteiger partial charge is 0.207 e. The Morgan fingerprint density at radius 1 is 1.22 bits per heavy atom. The Morgan fingerprint density at radius 2 is 1.89 bits per heavy atom. The molecule has 0 amide bonds. The molecule has 2 rings (SSSR count). The van der Waals surface area contributed by atoms with Crippen molar-refractivity contribution in [2.75, 3.05) is 0 Å². The minimum atomic E-state index is -3.61. The first-order valence-electron chi connectivity index (χ1n) is 5.30. The third-order valence-corrected chi connectivity index (χ3v) is 5.04. The SMILES string of the molecule is CC(NS(=O)(=O)c1ccc(F)cc1)c1cccs1. The molecule has 0 saturated heterocycles. The minimum Gasteiger partial charge on any atom is -0.207 e. The molecule has 0 aliphatic carbocycles. The van der Waals surface area contributed by atoms with Crippen LogP contribution in [0.15, 0.2) is 46.7 Å². The van der Waals surface area contributed by atoms with Gasteiger partial charge in [-0.2, -0.15) is 0 Å². The van der Waals surface area contributed by atoms with Crippen molar-refractivity contribution in [3.63, 3.8) is 0 Å². The van der Waals surface area contributed by atoms with E-state index in [2.05, 4.69) is 4.72 Å². The van der Waals surface area contributed by atoms with Gasteiger partial charge in [0.25, 0.3) is 0 Å². The van der Waals surface area contributed by atoms with E-state index in [-0.39, 0.29) is 10.9 Å². The number of thiophene rings is 1. The van der Waals surface area contributed by atoms with Gasteiger partial charge in [0.2, 0.25) is 10.0 Å². The van der Waals surface area contributed by atoms with Crippen molar-refractivity contribution in [2.45, 2.75) is 17.9 Å². The van der Waals surface area contributed by atoms with E-state index in [1.54, 1.807) is 6.92 Å². The summed E-state index contributed by atoms with van der Waals surface area (Å²) in [5.41, 5.74) is 0. The maximum Gasteiger partial charge on any atom is 0.241 e. The highest BCUT2D eigenvalue weighted by Crippen LogP contribution is 2.21. The second kappa shape index (κ2) is 5.17. The zero-order chi connectivity index (χ0) is 13.2. The summed E-state index contributed by atoms with van der Waals surface area (Å²) in [7, 11) is -3.61. The maximum absolute atomic E-state index is 12.7. The van der Waals surface area contributed by atoms with Crippen LogP contribution in [0.25, 0.3) is 0 Å². The highest BCUT2D eigenvalue weighted by atomic mass is 32.2. The normalized spacial score (nSPS) is 13.4. The first kappa shape index (κ1) is 13.2. The Kier molecular flexibility index (Phi) is 3.79. The van der Waals surface area contributed by atoms with Crippen molar-refractivity contribution < 1.29 is 12.8 Å². The lowest BCUT2D eigenvalue weighted by atomic mass is 10.3. The van der Waals surface area contributed by atoms with Gasteiger partial charge in [-0.05, 0) is 42.6 Å². The summed E-state index contributed by atoms with van der Waals surface area (Å²) >= 11 is 1.48. The van der Waals surface area contributed by atoms with Gasteiger partial charge in [0.05, 0.1) is 10.9 Å². The molecule has 0 saturated carbocycles. The van der Waals surface area contributed by atoms with Gasteiger partial charge >= 0.3 is 0 Å². The van der Waals surface area contributed by atoms with Gasteiger partial charge in [-0.1, -0.05) is 6.07 Å². The Bertz CT molecular complexity index is 606. The van der Waals surface area contributed by atoms with E-state index in [0.29, 0.717) is 0 Å². The molecule has 1 aromatic carbocycles. The lowest BCUT2D eigenvalue weighted by Crippen LogP contribution is -2.26. The average molecular weight is 285 g/mol. The summed E-state index contributed by atoms with van der Waals surface area (Å²) in [5, 5.41) is 1.89. The monoisotopic (exact) mass is 285 g/mol. The van der Waals surface area contributed by atoms with Crippen LogP contribution in [0, 0.1) is 5.82 Å². The Hall–Kier alpha value is -1.24. The summed E-state index contributed by atoms with van der Waals surface area (Å²) in [4.78, 5) is 0.994. The number of rotatable bonds is 4. The van der Waals surface area contributed by atoms with E-state index in [1.165, 1.54) is 23.5 Å². The number of nitrogens with one attached hydrogen (secondary N) is 1. The fourth-order valence-electron chi connectivity index (χ4n) is 1.51. The summed E-state index contributed by atoms with van der Waals surface area (Å²) < 4.78 is 39.3. The minimum absolute atomic E-state index is 0.0623. The van der Waals surface area contributed by atoms with Crippen LogP contribution in [-0.4, -0.2) is 8.42 Å². The van der Waals surface area contributed by atoms with E-state index < -0.39 is 15.8 Å². The third kappa shape index (κ3) is 2.95. The van der Waals surface area contributed by atoms with Crippen LogP contribution in [0.4, 0.5) is 4.39 Å². The molecule has 0 aliphatic rings. The summed E-state index contributed by atoms with van der Waals surface area (Å²) in [6.45, 7) is 1.77. The maximum atomic E-state index is 12.7. The van der Waals surface area contributed by atoms with Crippen LogP contribution in [0.2, 0.25) is 0 Å². The van der Waals surface area contributed by atoms with E-state index in [1.807, 2.05) is 17.5 Å². The second-order valence-corrected chi connectivity index (χ2v) is 6.51. The summed E-state index contributed by atoms with van der Waals surface area (Å²) in [6, 6.07) is 8.18. The Labute approximate surface area is 109 Å². The van der Waals surface area contributed by atoms with E-state index >= 15 is 0 Å². The highest BCUT2D eigenvalue weighted by Gasteiger charge is 2.18. The molecule has 0 spiro atoms. The van der Waals surface area contributed by atoms with Gasteiger partial charge in [0, 0.05) is 4.88 Å². The fourth-order valence-corrected chi connectivity index (χ4v) is 3.54. The highest BCUT2D eigenvalue weighted by molar-refractivity contribution is 7.89. The molecule has 0 aliphatic heterocycles. The molecule has 96 valence electrons. The first-order valence-corrected chi connectivity index (χ1v) is 7.66. The van der Waals surface area contributed by atoms with Gasteiger partial charge in [0.1, 0.15) is 5.82 Å². The van der Waals surface area contributed by atoms with Crippen LogP contribution in [0.1, 0.15) is 17.8 Å². The van der Waals surface area contributed by atoms with Crippen molar-refractivity contribution in [3.05, 3.63) is 52.5 Å². The molecule has 1 N–H and O–H groups in total. The number of hydrogen-bond acceptors (Lipinski definition) is 3. The predicted octanol–water partition coefficient (Wildman–Crippen LogP) is 2.93. The molecular formula is C12H12FNO2S2. The largest absolute Gasteiger partial charge is 0.241 e. The van der Waals surface area contributed by atoms with Crippen LogP contribution >= 0.6 is 11.3 Å². The molecule has 6 heteroatoms. The van der Waals surface area contributed by atoms with Crippen LogP contribution in [0.3, 0.4) is 0 Å². The molecule has 2 aromatic rings. The lowest BCUT2D eigenvalue weighted by Gasteiger charge is -2.12. The summed E-state index contributed by atoms with van der Waals surface area (Å²) in [5.74, 6) is -0.458. The average Bonchev–Trinajstić information content (AvgIpc) is 2.82. The molecule has 1 unspecified atom stereocenters. The van der Waals surface area contributed by atoms with Crippen LogP contribution in [-0.2, 0) is 10.0 Å². The fraction of sp³-hybridized carbons (Fsp3) is 0.167. The molecule has 0 fully saturated rings. The molecule has 3 nitrogen and oxygen atoms in total. The molecule has 18 heavy (non-hydrogen) atoms. The first-order chi connectivity index (χ1) is 8.49. The number of halogens is 1. The Morgan fingerprint density at radius 3 is 2.44 bits per heavy atom. The van der Waals surface area contributed by atoms with E-state index in [4.69, 9.17) is 0 Å². The second-order valence-electron chi connectivity index (χ2n) is 3.81. The van der Waals surface area contributed by atoms with Gasteiger partial charge in [-0.25, -0.2) is 17.5 Å². The Balaban J connectivity index is 2.20. The van der Waals surface area contributed by atoms with E-state index in [9.17, 15) is 12.8 Å².